The van der Waals surface area contributed by atoms with Gasteiger partial charge in [-0.1, -0.05) is 38.5 Å². The molecule has 0 unspecified atom stereocenters. The van der Waals surface area contributed by atoms with Crippen molar-refractivity contribution in [2.75, 3.05) is 24.5 Å². The monoisotopic (exact) mass is 425 g/mol. The first-order valence-corrected chi connectivity index (χ1v) is 10.8. The van der Waals surface area contributed by atoms with Crippen LogP contribution >= 0.6 is 0 Å². The minimum Gasteiger partial charge on any atom is -0.369 e. The van der Waals surface area contributed by atoms with Crippen LogP contribution in [0.1, 0.15) is 48.7 Å². The number of amides is 2. The minimum absolute atomic E-state index is 0.125. The maximum absolute atomic E-state index is 13.4. The number of halogens is 1. The van der Waals surface area contributed by atoms with Crippen LogP contribution in [-0.4, -0.2) is 37.5 Å². The zero-order valence-corrected chi connectivity index (χ0v) is 18.8. The fourth-order valence-electron chi connectivity index (χ4n) is 3.96. The normalized spacial score (nSPS) is 14.2. The second-order valence-corrected chi connectivity index (χ2v) is 9.46. The lowest BCUT2D eigenvalue weighted by atomic mass is 9.87. The fourth-order valence-corrected chi connectivity index (χ4v) is 3.96. The molecule has 0 aliphatic carbocycles. The molecule has 2 aromatic rings. The number of anilines is 1. The van der Waals surface area contributed by atoms with E-state index in [1.807, 2.05) is 45.9 Å². The third-order valence-electron chi connectivity index (χ3n) is 5.43. The summed E-state index contributed by atoms with van der Waals surface area (Å²) in [5, 5.41) is 5.88. The van der Waals surface area contributed by atoms with Gasteiger partial charge in [0.05, 0.1) is 0 Å². The van der Waals surface area contributed by atoms with Crippen LogP contribution in [0, 0.1) is 18.2 Å². The van der Waals surface area contributed by atoms with E-state index in [1.54, 1.807) is 18.2 Å². The van der Waals surface area contributed by atoms with Gasteiger partial charge in [-0.25, -0.2) is 4.39 Å². The number of nitrogens with zero attached hydrogens (tertiary/aromatic N) is 1. The molecule has 2 N–H and O–H groups in total. The van der Waals surface area contributed by atoms with E-state index in [1.165, 1.54) is 6.07 Å². The summed E-state index contributed by atoms with van der Waals surface area (Å²) in [5.74, 6) is -0.652. The Bertz CT molecular complexity index is 952. The highest BCUT2D eigenvalue weighted by Crippen LogP contribution is 2.28. The summed E-state index contributed by atoms with van der Waals surface area (Å²) in [7, 11) is 0. The lowest BCUT2D eigenvalue weighted by Gasteiger charge is -2.27. The Morgan fingerprint density at radius 2 is 1.94 bits per heavy atom. The Hall–Kier alpha value is -2.89. The molecule has 6 heteroatoms. The first kappa shape index (κ1) is 22.8. The van der Waals surface area contributed by atoms with Gasteiger partial charge in [0.1, 0.15) is 11.9 Å². The summed E-state index contributed by atoms with van der Waals surface area (Å²) in [6.45, 7) is 9.98. The van der Waals surface area contributed by atoms with Gasteiger partial charge in [-0.2, -0.15) is 0 Å². The number of fused-ring (bicyclic) bond motifs is 1. The summed E-state index contributed by atoms with van der Waals surface area (Å²) in [6.07, 6.45) is 1.34. The molecule has 2 aromatic carbocycles. The van der Waals surface area contributed by atoms with Crippen molar-refractivity contribution >= 4 is 17.5 Å². The molecule has 3 rings (SSSR count). The van der Waals surface area contributed by atoms with Gasteiger partial charge < -0.3 is 15.5 Å². The summed E-state index contributed by atoms with van der Waals surface area (Å²) < 4.78 is 13.4. The molecule has 1 aliphatic rings. The van der Waals surface area contributed by atoms with Crippen molar-refractivity contribution in [3.63, 3.8) is 0 Å². The standard InChI is InChI=1S/C25H32FN3O2/c1-17-6-5-7-19(14-17)23(30)28-21(16-25(2,3)4)24(31)27-11-13-29-12-10-18-15-20(26)8-9-22(18)29/h5-9,14-15,21H,10-13,16H2,1-4H3,(H,27,31)(H,28,30)/t21-/m0/s1. The zero-order chi connectivity index (χ0) is 22.6. The number of rotatable bonds is 7. The van der Waals surface area contributed by atoms with E-state index >= 15 is 0 Å². The molecule has 0 spiro atoms. The topological polar surface area (TPSA) is 61.4 Å². The lowest BCUT2D eigenvalue weighted by Crippen LogP contribution is -2.49. The zero-order valence-electron chi connectivity index (χ0n) is 18.8. The van der Waals surface area contributed by atoms with E-state index in [2.05, 4.69) is 15.5 Å². The van der Waals surface area contributed by atoms with Gasteiger partial charge in [0.25, 0.3) is 5.91 Å². The van der Waals surface area contributed by atoms with Crippen molar-refractivity contribution in [2.45, 2.75) is 46.6 Å². The van der Waals surface area contributed by atoms with Crippen LogP contribution in [0.4, 0.5) is 10.1 Å². The van der Waals surface area contributed by atoms with Crippen LogP contribution in [-0.2, 0) is 11.2 Å². The molecular weight excluding hydrogens is 393 g/mol. The average molecular weight is 426 g/mol. The summed E-state index contributed by atoms with van der Waals surface area (Å²) in [5.41, 5.74) is 3.44. The van der Waals surface area contributed by atoms with Crippen LogP contribution in [0.3, 0.4) is 0 Å². The number of nitrogens with one attached hydrogen (secondary N) is 2. The summed E-state index contributed by atoms with van der Waals surface area (Å²) in [6, 6.07) is 11.6. The van der Waals surface area contributed by atoms with Gasteiger partial charge in [0, 0.05) is 30.9 Å². The van der Waals surface area contributed by atoms with E-state index in [0.717, 1.165) is 29.8 Å². The van der Waals surface area contributed by atoms with Crippen molar-refractivity contribution in [2.24, 2.45) is 5.41 Å². The molecule has 31 heavy (non-hydrogen) atoms. The molecule has 0 saturated heterocycles. The molecule has 1 heterocycles. The van der Waals surface area contributed by atoms with Crippen LogP contribution in [0.5, 0.6) is 0 Å². The number of aryl methyl sites for hydroxylation is 1. The van der Waals surface area contributed by atoms with E-state index in [-0.39, 0.29) is 23.0 Å². The first-order valence-electron chi connectivity index (χ1n) is 10.8. The Morgan fingerprint density at radius 1 is 1.16 bits per heavy atom. The first-order chi connectivity index (χ1) is 14.6. The molecule has 0 fully saturated rings. The molecular formula is C25H32FN3O2. The number of hydrogen-bond donors (Lipinski definition) is 2. The second-order valence-electron chi connectivity index (χ2n) is 9.46. The molecule has 166 valence electrons. The van der Waals surface area contributed by atoms with E-state index in [0.29, 0.717) is 25.1 Å². The highest BCUT2D eigenvalue weighted by atomic mass is 19.1. The van der Waals surface area contributed by atoms with Crippen molar-refractivity contribution in [3.8, 4) is 0 Å². The SMILES string of the molecule is Cc1cccc(C(=O)N[C@@H](CC(C)(C)C)C(=O)NCCN2CCc3cc(F)ccc32)c1. The molecule has 5 nitrogen and oxygen atoms in total. The van der Waals surface area contributed by atoms with Gasteiger partial charge in [0.15, 0.2) is 0 Å². The Kier molecular flexibility index (Phi) is 6.98. The van der Waals surface area contributed by atoms with E-state index < -0.39 is 6.04 Å². The van der Waals surface area contributed by atoms with Crippen LogP contribution in [0.15, 0.2) is 42.5 Å². The second kappa shape index (κ2) is 9.50. The fraction of sp³-hybridized carbons (Fsp3) is 0.440. The highest BCUT2D eigenvalue weighted by Gasteiger charge is 2.27. The molecule has 0 radical (unpaired) electrons. The average Bonchev–Trinajstić information content (AvgIpc) is 3.08. The van der Waals surface area contributed by atoms with Gasteiger partial charge in [0.2, 0.25) is 5.91 Å². The van der Waals surface area contributed by atoms with E-state index in [9.17, 15) is 14.0 Å². The molecule has 1 aliphatic heterocycles. The van der Waals surface area contributed by atoms with Crippen LogP contribution in [0.25, 0.3) is 0 Å². The Morgan fingerprint density at radius 3 is 2.65 bits per heavy atom. The molecule has 2 amide bonds. The van der Waals surface area contributed by atoms with Gasteiger partial charge in [-0.3, -0.25) is 9.59 Å². The number of carbonyl (C=O) groups excluding carboxylic acids is 2. The summed E-state index contributed by atoms with van der Waals surface area (Å²) >= 11 is 0. The number of carbonyl (C=O) groups is 2. The maximum atomic E-state index is 13.4. The van der Waals surface area contributed by atoms with Gasteiger partial charge in [-0.05, 0) is 61.1 Å². The van der Waals surface area contributed by atoms with Crippen LogP contribution in [0.2, 0.25) is 0 Å². The lowest BCUT2D eigenvalue weighted by molar-refractivity contribution is -0.123. The maximum Gasteiger partial charge on any atom is 0.251 e. The third kappa shape index (κ3) is 6.29. The molecule has 1 atom stereocenters. The quantitative estimate of drug-likeness (QED) is 0.708. The number of hydrogen-bond acceptors (Lipinski definition) is 3. The number of benzene rings is 2. The van der Waals surface area contributed by atoms with Gasteiger partial charge >= 0.3 is 0 Å². The van der Waals surface area contributed by atoms with Crippen LogP contribution < -0.4 is 15.5 Å². The molecule has 0 saturated carbocycles. The van der Waals surface area contributed by atoms with E-state index in [4.69, 9.17) is 0 Å². The smallest absolute Gasteiger partial charge is 0.251 e. The van der Waals surface area contributed by atoms with Gasteiger partial charge in [-0.15, -0.1) is 0 Å². The Labute approximate surface area is 184 Å². The molecule has 0 aromatic heterocycles. The highest BCUT2D eigenvalue weighted by molar-refractivity contribution is 5.97. The largest absolute Gasteiger partial charge is 0.369 e. The summed E-state index contributed by atoms with van der Waals surface area (Å²) in [4.78, 5) is 27.8. The minimum atomic E-state index is -0.618. The predicted octanol–water partition coefficient (Wildman–Crippen LogP) is 3.85. The third-order valence-corrected chi connectivity index (χ3v) is 5.43. The van der Waals surface area contributed by atoms with Crippen molar-refractivity contribution in [1.29, 1.82) is 0 Å². The Balaban J connectivity index is 1.59. The van der Waals surface area contributed by atoms with Crippen molar-refractivity contribution in [1.82, 2.24) is 10.6 Å². The van der Waals surface area contributed by atoms with Crippen molar-refractivity contribution in [3.05, 3.63) is 65.0 Å². The molecule has 0 bridgehead atoms. The van der Waals surface area contributed by atoms with Crippen molar-refractivity contribution < 1.29 is 14.0 Å². The predicted molar refractivity (Wildman–Crippen MR) is 122 cm³/mol.